The van der Waals surface area contributed by atoms with E-state index in [0.29, 0.717) is 19.8 Å². The molecule has 0 amide bonds. The molecule has 3 unspecified atom stereocenters. The van der Waals surface area contributed by atoms with Crippen LogP contribution in [0.1, 0.15) is 13.3 Å². The van der Waals surface area contributed by atoms with Gasteiger partial charge in [0.25, 0.3) is 0 Å². The number of ether oxygens (including phenoxy) is 4. The number of hydrogen-bond donors (Lipinski definition) is 1. The molecule has 1 aromatic rings. The Bertz CT molecular complexity index is 395. The lowest BCUT2D eigenvalue weighted by Gasteiger charge is -2.41. The van der Waals surface area contributed by atoms with Gasteiger partial charge in [0.2, 0.25) is 0 Å². The summed E-state index contributed by atoms with van der Waals surface area (Å²) in [6, 6.07) is 7.65. The highest BCUT2D eigenvalue weighted by Gasteiger charge is 2.41. The maximum atomic E-state index is 5.95. The predicted octanol–water partition coefficient (Wildman–Crippen LogP) is 1.60. The van der Waals surface area contributed by atoms with Crippen LogP contribution in [0.2, 0.25) is 0 Å². The quantitative estimate of drug-likeness (QED) is 0.733. The third-order valence-corrected chi connectivity index (χ3v) is 3.31. The molecule has 0 heterocycles. The second-order valence-electron chi connectivity index (χ2n) is 4.79. The van der Waals surface area contributed by atoms with E-state index in [-0.39, 0.29) is 18.2 Å². The number of benzene rings is 1. The van der Waals surface area contributed by atoms with E-state index in [1.165, 1.54) is 0 Å². The molecule has 0 spiro atoms. The summed E-state index contributed by atoms with van der Waals surface area (Å²) in [4.78, 5) is 0. The Morgan fingerprint density at radius 2 is 1.85 bits per heavy atom. The summed E-state index contributed by atoms with van der Waals surface area (Å²) in [5, 5.41) is 0. The molecule has 112 valence electrons. The summed E-state index contributed by atoms with van der Waals surface area (Å²) in [6.07, 6.45) is 0.765. The van der Waals surface area contributed by atoms with Crippen molar-refractivity contribution < 1.29 is 18.9 Å². The third-order valence-electron chi connectivity index (χ3n) is 3.31. The highest BCUT2D eigenvalue weighted by Crippen LogP contribution is 2.28. The van der Waals surface area contributed by atoms with E-state index in [0.717, 1.165) is 17.9 Å². The van der Waals surface area contributed by atoms with Crippen molar-refractivity contribution in [2.75, 3.05) is 26.9 Å². The molecule has 2 N–H and O–H groups in total. The molecule has 20 heavy (non-hydrogen) atoms. The van der Waals surface area contributed by atoms with Crippen molar-refractivity contribution in [1.29, 1.82) is 0 Å². The molecule has 0 aliphatic heterocycles. The molecular formula is C15H23NO4. The first-order valence-corrected chi connectivity index (χ1v) is 7.00. The molecule has 1 aromatic carbocycles. The maximum absolute atomic E-state index is 5.95. The van der Waals surface area contributed by atoms with Crippen molar-refractivity contribution in [3.63, 3.8) is 0 Å². The van der Waals surface area contributed by atoms with Gasteiger partial charge in [-0.25, -0.2) is 0 Å². The molecule has 1 saturated carbocycles. The van der Waals surface area contributed by atoms with E-state index in [4.69, 9.17) is 24.7 Å². The van der Waals surface area contributed by atoms with E-state index in [1.54, 1.807) is 7.11 Å². The Hall–Kier alpha value is -1.30. The monoisotopic (exact) mass is 281 g/mol. The zero-order valence-electron chi connectivity index (χ0n) is 12.1. The molecule has 5 nitrogen and oxygen atoms in total. The fraction of sp³-hybridized carbons (Fsp3) is 0.600. The highest BCUT2D eigenvalue weighted by atomic mass is 16.6. The van der Waals surface area contributed by atoms with Crippen LogP contribution in [0.5, 0.6) is 11.5 Å². The normalized spacial score (nSPS) is 25.1. The summed E-state index contributed by atoms with van der Waals surface area (Å²) in [7, 11) is 1.65. The van der Waals surface area contributed by atoms with Crippen molar-refractivity contribution in [3.05, 3.63) is 24.3 Å². The van der Waals surface area contributed by atoms with Crippen molar-refractivity contribution >= 4 is 0 Å². The molecule has 1 fully saturated rings. The van der Waals surface area contributed by atoms with Gasteiger partial charge in [0.15, 0.2) is 0 Å². The average Bonchev–Trinajstić information content (AvgIpc) is 2.45. The van der Waals surface area contributed by atoms with Crippen molar-refractivity contribution in [3.8, 4) is 11.5 Å². The molecular weight excluding hydrogens is 258 g/mol. The molecule has 2 rings (SSSR count). The first kappa shape index (κ1) is 15.1. The van der Waals surface area contributed by atoms with Crippen LogP contribution in [-0.2, 0) is 9.47 Å². The molecule has 0 aromatic heterocycles. The second kappa shape index (κ2) is 7.47. The van der Waals surface area contributed by atoms with Gasteiger partial charge in [0.1, 0.15) is 23.7 Å². The van der Waals surface area contributed by atoms with Crippen LogP contribution in [-0.4, -0.2) is 45.2 Å². The van der Waals surface area contributed by atoms with Gasteiger partial charge in [-0.3, -0.25) is 0 Å². The standard InChI is InChI=1S/C15H23NO4/c1-3-18-11-4-6-12(7-5-11)20-14-10-13(16)15(14)19-9-8-17-2/h4-7,13-15H,3,8-10,16H2,1-2H3. The van der Waals surface area contributed by atoms with E-state index in [2.05, 4.69) is 0 Å². The van der Waals surface area contributed by atoms with Gasteiger partial charge in [0.05, 0.1) is 19.8 Å². The second-order valence-corrected chi connectivity index (χ2v) is 4.79. The molecule has 1 aliphatic rings. The predicted molar refractivity (Wildman–Crippen MR) is 76.2 cm³/mol. The number of methoxy groups -OCH3 is 1. The summed E-state index contributed by atoms with van der Waals surface area (Å²) < 4.78 is 21.9. The lowest BCUT2D eigenvalue weighted by Crippen LogP contribution is -2.59. The van der Waals surface area contributed by atoms with E-state index >= 15 is 0 Å². The van der Waals surface area contributed by atoms with Gasteiger partial charge in [-0.15, -0.1) is 0 Å². The minimum Gasteiger partial charge on any atom is -0.494 e. The van der Waals surface area contributed by atoms with E-state index < -0.39 is 0 Å². The minimum atomic E-state index is -0.0586. The molecule has 3 atom stereocenters. The fourth-order valence-electron chi connectivity index (χ4n) is 2.19. The van der Waals surface area contributed by atoms with E-state index in [9.17, 15) is 0 Å². The maximum Gasteiger partial charge on any atom is 0.128 e. The van der Waals surface area contributed by atoms with Crippen molar-refractivity contribution in [1.82, 2.24) is 0 Å². The van der Waals surface area contributed by atoms with Crippen molar-refractivity contribution in [2.45, 2.75) is 31.6 Å². The van der Waals surface area contributed by atoms with Gasteiger partial charge in [-0.1, -0.05) is 0 Å². The summed E-state index contributed by atoms with van der Waals surface area (Å²) in [6.45, 7) is 3.73. The summed E-state index contributed by atoms with van der Waals surface area (Å²) in [5.74, 6) is 1.66. The first-order chi connectivity index (χ1) is 9.74. The topological polar surface area (TPSA) is 62.9 Å². The number of rotatable bonds is 8. The Kier molecular flexibility index (Phi) is 5.64. The zero-order valence-corrected chi connectivity index (χ0v) is 12.1. The molecule has 0 bridgehead atoms. The van der Waals surface area contributed by atoms with Crippen molar-refractivity contribution in [2.24, 2.45) is 5.73 Å². The molecule has 0 radical (unpaired) electrons. The minimum absolute atomic E-state index is 0.0137. The first-order valence-electron chi connectivity index (χ1n) is 7.00. The van der Waals surface area contributed by atoms with Gasteiger partial charge in [0, 0.05) is 19.6 Å². The smallest absolute Gasteiger partial charge is 0.128 e. The van der Waals surface area contributed by atoms with Crippen LogP contribution < -0.4 is 15.2 Å². The Labute approximate surface area is 120 Å². The fourth-order valence-corrected chi connectivity index (χ4v) is 2.19. The number of nitrogens with two attached hydrogens (primary N) is 1. The third kappa shape index (κ3) is 3.85. The van der Waals surface area contributed by atoms with Crippen LogP contribution in [0.25, 0.3) is 0 Å². The zero-order chi connectivity index (χ0) is 14.4. The van der Waals surface area contributed by atoms with E-state index in [1.807, 2.05) is 31.2 Å². The van der Waals surface area contributed by atoms with Crippen LogP contribution in [0, 0.1) is 0 Å². The largest absolute Gasteiger partial charge is 0.494 e. The lowest BCUT2D eigenvalue weighted by molar-refractivity contribution is -0.107. The van der Waals surface area contributed by atoms with Crippen LogP contribution >= 0.6 is 0 Å². The van der Waals surface area contributed by atoms with Crippen LogP contribution in [0.3, 0.4) is 0 Å². The average molecular weight is 281 g/mol. The summed E-state index contributed by atoms with van der Waals surface area (Å²) >= 11 is 0. The molecule has 5 heteroatoms. The van der Waals surface area contributed by atoms with Gasteiger partial charge < -0.3 is 24.7 Å². The van der Waals surface area contributed by atoms with Gasteiger partial charge in [-0.05, 0) is 31.2 Å². The van der Waals surface area contributed by atoms with Gasteiger partial charge in [-0.2, -0.15) is 0 Å². The highest BCUT2D eigenvalue weighted by molar-refractivity contribution is 5.31. The number of hydrogen-bond acceptors (Lipinski definition) is 5. The SMILES string of the molecule is CCOc1ccc(OC2CC(N)C2OCCOC)cc1. The molecule has 1 aliphatic carbocycles. The van der Waals surface area contributed by atoms with Crippen LogP contribution in [0.15, 0.2) is 24.3 Å². The lowest BCUT2D eigenvalue weighted by atomic mass is 9.86. The molecule has 0 saturated heterocycles. The van der Waals surface area contributed by atoms with Crippen LogP contribution in [0.4, 0.5) is 0 Å². The summed E-state index contributed by atoms with van der Waals surface area (Å²) in [5.41, 5.74) is 5.95. The Morgan fingerprint density at radius 1 is 1.15 bits per heavy atom. The van der Waals surface area contributed by atoms with Gasteiger partial charge >= 0.3 is 0 Å². The Balaban J connectivity index is 1.82. The Morgan fingerprint density at radius 3 is 2.45 bits per heavy atom.